The fraction of sp³-hybridized carbons (Fsp3) is 0.533. The Balaban J connectivity index is 2.11. The van der Waals surface area contributed by atoms with Gasteiger partial charge in [0, 0.05) is 31.6 Å². The minimum Gasteiger partial charge on any atom is -0.372 e. The standard InChI is InChI=1S/C15H21NO/c1-11-4-5-14(10-12(11)2)16(3)13-6-8-15(17)9-7-13/h4-5,10,13H,6-9H2,1-3H3. The van der Waals surface area contributed by atoms with E-state index >= 15 is 0 Å². The molecule has 1 fully saturated rings. The second-order valence-electron chi connectivity index (χ2n) is 5.15. The Morgan fingerprint density at radius 3 is 2.35 bits per heavy atom. The van der Waals surface area contributed by atoms with Crippen molar-refractivity contribution in [1.82, 2.24) is 0 Å². The number of carbonyl (C=O) groups excluding carboxylic acids is 1. The van der Waals surface area contributed by atoms with Gasteiger partial charge >= 0.3 is 0 Å². The van der Waals surface area contributed by atoms with Crippen LogP contribution in [0.3, 0.4) is 0 Å². The molecule has 1 aromatic carbocycles. The molecule has 1 saturated carbocycles. The maximum atomic E-state index is 11.2. The SMILES string of the molecule is Cc1ccc(N(C)C2CCC(=O)CC2)cc1C. The molecule has 17 heavy (non-hydrogen) atoms. The van der Waals surface area contributed by atoms with E-state index in [1.54, 1.807) is 0 Å². The molecule has 0 N–H and O–H groups in total. The van der Waals surface area contributed by atoms with Crippen molar-refractivity contribution >= 4 is 11.5 Å². The van der Waals surface area contributed by atoms with Gasteiger partial charge in [-0.2, -0.15) is 0 Å². The van der Waals surface area contributed by atoms with E-state index in [0.29, 0.717) is 11.8 Å². The van der Waals surface area contributed by atoms with Gasteiger partial charge in [0.25, 0.3) is 0 Å². The van der Waals surface area contributed by atoms with Crippen LogP contribution in [0.15, 0.2) is 18.2 Å². The lowest BCUT2D eigenvalue weighted by atomic mass is 9.93. The first-order valence-corrected chi connectivity index (χ1v) is 6.39. The van der Waals surface area contributed by atoms with Crippen LogP contribution in [0.25, 0.3) is 0 Å². The Morgan fingerprint density at radius 2 is 1.76 bits per heavy atom. The van der Waals surface area contributed by atoms with E-state index in [2.05, 4.69) is 44.0 Å². The van der Waals surface area contributed by atoms with Crippen molar-refractivity contribution in [2.75, 3.05) is 11.9 Å². The van der Waals surface area contributed by atoms with Crippen molar-refractivity contribution in [3.8, 4) is 0 Å². The summed E-state index contributed by atoms with van der Waals surface area (Å²) in [5, 5.41) is 0. The van der Waals surface area contributed by atoms with E-state index < -0.39 is 0 Å². The predicted molar refractivity (Wildman–Crippen MR) is 71.6 cm³/mol. The van der Waals surface area contributed by atoms with Gasteiger partial charge in [-0.15, -0.1) is 0 Å². The number of hydrogen-bond acceptors (Lipinski definition) is 2. The predicted octanol–water partition coefficient (Wildman–Crippen LogP) is 3.25. The van der Waals surface area contributed by atoms with Gasteiger partial charge in [0.15, 0.2) is 0 Å². The third kappa shape index (κ3) is 2.68. The van der Waals surface area contributed by atoms with Crippen LogP contribution in [-0.2, 0) is 4.79 Å². The summed E-state index contributed by atoms with van der Waals surface area (Å²) in [6.45, 7) is 4.29. The van der Waals surface area contributed by atoms with Gasteiger partial charge in [0.05, 0.1) is 0 Å². The minimum absolute atomic E-state index is 0.426. The lowest BCUT2D eigenvalue weighted by molar-refractivity contribution is -0.120. The van der Waals surface area contributed by atoms with E-state index in [0.717, 1.165) is 25.7 Å². The number of hydrogen-bond donors (Lipinski definition) is 0. The van der Waals surface area contributed by atoms with Crippen molar-refractivity contribution in [3.05, 3.63) is 29.3 Å². The molecule has 0 spiro atoms. The Morgan fingerprint density at radius 1 is 1.12 bits per heavy atom. The Bertz CT molecular complexity index is 415. The highest BCUT2D eigenvalue weighted by Crippen LogP contribution is 2.26. The van der Waals surface area contributed by atoms with E-state index in [9.17, 15) is 4.79 Å². The lowest BCUT2D eigenvalue weighted by Gasteiger charge is -2.32. The number of ketones is 1. The summed E-state index contributed by atoms with van der Waals surface area (Å²) < 4.78 is 0. The molecule has 0 atom stereocenters. The van der Waals surface area contributed by atoms with E-state index in [1.165, 1.54) is 16.8 Å². The molecule has 0 radical (unpaired) electrons. The minimum atomic E-state index is 0.426. The van der Waals surface area contributed by atoms with E-state index in [4.69, 9.17) is 0 Å². The summed E-state index contributed by atoms with van der Waals surface area (Å²) in [5.41, 5.74) is 3.94. The summed E-state index contributed by atoms with van der Waals surface area (Å²) in [4.78, 5) is 13.6. The van der Waals surface area contributed by atoms with Gasteiger partial charge in [-0.05, 0) is 49.9 Å². The molecule has 1 aromatic rings. The molecule has 0 aromatic heterocycles. The zero-order valence-electron chi connectivity index (χ0n) is 11.0. The molecule has 0 bridgehead atoms. The Labute approximate surface area is 104 Å². The molecule has 0 heterocycles. The zero-order chi connectivity index (χ0) is 12.4. The molecule has 0 amide bonds. The number of Topliss-reactive ketones (excluding diaryl/α,β-unsaturated/α-hetero) is 1. The van der Waals surface area contributed by atoms with Crippen LogP contribution in [0.5, 0.6) is 0 Å². The molecule has 2 heteroatoms. The van der Waals surface area contributed by atoms with Crippen molar-refractivity contribution in [1.29, 1.82) is 0 Å². The van der Waals surface area contributed by atoms with Crippen molar-refractivity contribution in [2.24, 2.45) is 0 Å². The Kier molecular flexibility index (Phi) is 3.51. The van der Waals surface area contributed by atoms with Gasteiger partial charge in [-0.3, -0.25) is 4.79 Å². The highest BCUT2D eigenvalue weighted by Gasteiger charge is 2.22. The first-order chi connectivity index (χ1) is 8.08. The number of carbonyl (C=O) groups is 1. The van der Waals surface area contributed by atoms with Gasteiger partial charge in [-0.25, -0.2) is 0 Å². The Hall–Kier alpha value is -1.31. The second kappa shape index (κ2) is 4.91. The zero-order valence-corrected chi connectivity index (χ0v) is 11.0. The quantitative estimate of drug-likeness (QED) is 0.778. The number of rotatable bonds is 2. The number of aryl methyl sites for hydroxylation is 2. The lowest BCUT2D eigenvalue weighted by Crippen LogP contribution is -2.35. The number of nitrogens with zero attached hydrogens (tertiary/aromatic N) is 1. The second-order valence-corrected chi connectivity index (χ2v) is 5.15. The van der Waals surface area contributed by atoms with Crippen LogP contribution in [0.1, 0.15) is 36.8 Å². The first-order valence-electron chi connectivity index (χ1n) is 6.39. The molecule has 1 aliphatic rings. The molecule has 1 aliphatic carbocycles. The van der Waals surface area contributed by atoms with Crippen LogP contribution >= 0.6 is 0 Å². The number of anilines is 1. The summed E-state index contributed by atoms with van der Waals surface area (Å²) in [6, 6.07) is 7.12. The van der Waals surface area contributed by atoms with Gasteiger partial charge in [0.1, 0.15) is 5.78 Å². The highest BCUT2D eigenvalue weighted by atomic mass is 16.1. The van der Waals surface area contributed by atoms with Crippen LogP contribution in [0.4, 0.5) is 5.69 Å². The topological polar surface area (TPSA) is 20.3 Å². The third-order valence-electron chi connectivity index (χ3n) is 3.96. The van der Waals surface area contributed by atoms with E-state index in [1.807, 2.05) is 0 Å². The van der Waals surface area contributed by atoms with Crippen LogP contribution in [0, 0.1) is 13.8 Å². The fourth-order valence-electron chi connectivity index (χ4n) is 2.47. The smallest absolute Gasteiger partial charge is 0.133 e. The van der Waals surface area contributed by atoms with Gasteiger partial charge < -0.3 is 4.90 Å². The van der Waals surface area contributed by atoms with Crippen molar-refractivity contribution in [3.63, 3.8) is 0 Å². The van der Waals surface area contributed by atoms with Crippen LogP contribution < -0.4 is 4.90 Å². The molecule has 2 nitrogen and oxygen atoms in total. The van der Waals surface area contributed by atoms with E-state index in [-0.39, 0.29) is 0 Å². The molecule has 92 valence electrons. The largest absolute Gasteiger partial charge is 0.372 e. The normalized spacial score (nSPS) is 17.2. The van der Waals surface area contributed by atoms with Crippen LogP contribution in [0.2, 0.25) is 0 Å². The fourth-order valence-corrected chi connectivity index (χ4v) is 2.47. The molecule has 0 unspecified atom stereocenters. The van der Waals surface area contributed by atoms with Gasteiger partial charge in [0.2, 0.25) is 0 Å². The highest BCUT2D eigenvalue weighted by molar-refractivity contribution is 5.79. The monoisotopic (exact) mass is 231 g/mol. The van der Waals surface area contributed by atoms with Gasteiger partial charge in [-0.1, -0.05) is 6.07 Å². The molecule has 0 aliphatic heterocycles. The average molecular weight is 231 g/mol. The number of benzene rings is 1. The molecular formula is C15H21NO. The maximum absolute atomic E-state index is 11.2. The van der Waals surface area contributed by atoms with Crippen molar-refractivity contribution in [2.45, 2.75) is 45.6 Å². The summed E-state index contributed by atoms with van der Waals surface area (Å²) in [5.74, 6) is 0.426. The third-order valence-corrected chi connectivity index (χ3v) is 3.96. The maximum Gasteiger partial charge on any atom is 0.133 e. The van der Waals surface area contributed by atoms with Crippen LogP contribution in [-0.4, -0.2) is 18.9 Å². The average Bonchev–Trinajstić information content (AvgIpc) is 2.33. The summed E-state index contributed by atoms with van der Waals surface area (Å²) in [6.07, 6.45) is 3.50. The molecular weight excluding hydrogens is 210 g/mol. The molecule has 2 rings (SSSR count). The van der Waals surface area contributed by atoms with Crippen molar-refractivity contribution < 1.29 is 4.79 Å². The summed E-state index contributed by atoms with van der Waals surface area (Å²) in [7, 11) is 2.14. The first kappa shape index (κ1) is 12.2. The summed E-state index contributed by atoms with van der Waals surface area (Å²) >= 11 is 0. The molecule has 0 saturated heterocycles.